The predicted octanol–water partition coefficient (Wildman–Crippen LogP) is 2.59. The monoisotopic (exact) mass is 345 g/mol. The second kappa shape index (κ2) is 8.58. The molecule has 0 saturated carbocycles. The molecule has 6 nitrogen and oxygen atoms in total. The lowest BCUT2D eigenvalue weighted by Gasteiger charge is -2.14. The minimum atomic E-state index is -1.04. The average Bonchev–Trinajstić information content (AvgIpc) is 2.62. The molecule has 130 valence electrons. The second-order valence-electron chi connectivity index (χ2n) is 5.10. The highest BCUT2D eigenvalue weighted by Gasteiger charge is 2.18. The number of hydrogen-bond donors (Lipinski definition) is 1. The van der Waals surface area contributed by atoms with E-state index in [0.29, 0.717) is 23.3 Å². The van der Waals surface area contributed by atoms with E-state index in [-0.39, 0.29) is 6.61 Å². The molecule has 25 heavy (non-hydrogen) atoms. The number of ether oxygens (including phenoxy) is 2. The minimum Gasteiger partial charge on any atom is -0.482 e. The van der Waals surface area contributed by atoms with Gasteiger partial charge in [-0.3, -0.25) is 9.59 Å². The molecule has 1 atom stereocenters. The van der Waals surface area contributed by atoms with Gasteiger partial charge in [-0.05, 0) is 55.5 Å². The smallest absolute Gasteiger partial charge is 0.344 e. The molecule has 0 heterocycles. The molecule has 0 aromatic heterocycles. The van der Waals surface area contributed by atoms with Crippen LogP contribution in [0.15, 0.2) is 48.5 Å². The summed E-state index contributed by atoms with van der Waals surface area (Å²) in [5.41, 5.74) is 0.877. The Morgan fingerprint density at radius 2 is 1.76 bits per heavy atom. The minimum absolute atomic E-state index is 0.380. The van der Waals surface area contributed by atoms with Crippen LogP contribution in [-0.2, 0) is 14.3 Å². The Morgan fingerprint density at radius 3 is 2.36 bits per heavy atom. The first kappa shape index (κ1) is 18.1. The van der Waals surface area contributed by atoms with Crippen LogP contribution < -0.4 is 10.1 Å². The molecule has 0 fully saturated rings. The van der Waals surface area contributed by atoms with Crippen molar-refractivity contribution in [2.24, 2.45) is 0 Å². The summed E-state index contributed by atoms with van der Waals surface area (Å²) in [5.74, 6) is -1.29. The van der Waals surface area contributed by atoms with Crippen molar-refractivity contribution in [3.8, 4) is 5.75 Å². The molecule has 0 spiro atoms. The van der Waals surface area contributed by atoms with Gasteiger partial charge in [-0.25, -0.2) is 9.18 Å². The van der Waals surface area contributed by atoms with E-state index in [4.69, 9.17) is 9.47 Å². The van der Waals surface area contributed by atoms with Gasteiger partial charge >= 0.3 is 5.97 Å². The van der Waals surface area contributed by atoms with Crippen LogP contribution in [0.2, 0.25) is 0 Å². The number of benzene rings is 2. The molecule has 2 aromatic rings. The van der Waals surface area contributed by atoms with Gasteiger partial charge in [0.05, 0.1) is 0 Å². The van der Waals surface area contributed by atoms with Crippen LogP contribution in [-0.4, -0.2) is 30.9 Å². The maximum absolute atomic E-state index is 12.8. The second-order valence-corrected chi connectivity index (χ2v) is 5.10. The number of amides is 1. The third-order valence-electron chi connectivity index (χ3n) is 3.16. The lowest BCUT2D eigenvalue weighted by molar-refractivity contribution is -0.155. The van der Waals surface area contributed by atoms with Crippen molar-refractivity contribution in [2.75, 3.05) is 11.9 Å². The predicted molar refractivity (Wildman–Crippen MR) is 87.9 cm³/mol. The van der Waals surface area contributed by atoms with Gasteiger partial charge in [-0.2, -0.15) is 0 Å². The summed E-state index contributed by atoms with van der Waals surface area (Å²) in [6.07, 6.45) is -0.349. The Hall–Kier alpha value is -3.22. The van der Waals surface area contributed by atoms with Crippen LogP contribution in [0.25, 0.3) is 0 Å². The van der Waals surface area contributed by atoms with E-state index < -0.39 is 23.8 Å². The Labute approximate surface area is 143 Å². The number of carbonyl (C=O) groups is 3. The lowest BCUT2D eigenvalue weighted by Crippen LogP contribution is -2.31. The molecule has 2 aromatic carbocycles. The van der Waals surface area contributed by atoms with E-state index in [1.807, 2.05) is 0 Å². The highest BCUT2D eigenvalue weighted by atomic mass is 19.1. The summed E-state index contributed by atoms with van der Waals surface area (Å²) in [6, 6.07) is 11.4. The zero-order chi connectivity index (χ0) is 18.2. The molecule has 0 aliphatic rings. The lowest BCUT2D eigenvalue weighted by atomic mass is 10.2. The summed E-state index contributed by atoms with van der Waals surface area (Å²) in [6.45, 7) is 1.03. The largest absolute Gasteiger partial charge is 0.482 e. The molecule has 0 aliphatic heterocycles. The molecular weight excluding hydrogens is 329 g/mol. The molecule has 7 heteroatoms. The van der Waals surface area contributed by atoms with Gasteiger partial charge in [-0.15, -0.1) is 0 Å². The van der Waals surface area contributed by atoms with Gasteiger partial charge in [-0.1, -0.05) is 0 Å². The number of carbonyl (C=O) groups excluding carboxylic acids is 3. The van der Waals surface area contributed by atoms with Gasteiger partial charge in [0.15, 0.2) is 12.7 Å². The zero-order valence-corrected chi connectivity index (χ0v) is 13.4. The van der Waals surface area contributed by atoms with Gasteiger partial charge < -0.3 is 14.8 Å². The normalized spacial score (nSPS) is 11.3. The van der Waals surface area contributed by atoms with Crippen LogP contribution >= 0.6 is 0 Å². The summed E-state index contributed by atoms with van der Waals surface area (Å²) >= 11 is 0. The van der Waals surface area contributed by atoms with Crippen molar-refractivity contribution < 1.29 is 28.2 Å². The van der Waals surface area contributed by atoms with E-state index in [9.17, 15) is 18.8 Å². The first-order chi connectivity index (χ1) is 12.0. The number of rotatable bonds is 7. The highest BCUT2D eigenvalue weighted by molar-refractivity contribution is 5.95. The van der Waals surface area contributed by atoms with Crippen LogP contribution in [0.3, 0.4) is 0 Å². The maximum Gasteiger partial charge on any atom is 0.344 e. The van der Waals surface area contributed by atoms with Crippen molar-refractivity contribution in [1.29, 1.82) is 0 Å². The summed E-state index contributed by atoms with van der Waals surface area (Å²) in [4.78, 5) is 34.2. The molecule has 2 rings (SSSR count). The third-order valence-corrected chi connectivity index (χ3v) is 3.16. The molecule has 0 saturated heterocycles. The fourth-order valence-corrected chi connectivity index (χ4v) is 1.85. The Morgan fingerprint density at radius 1 is 1.12 bits per heavy atom. The maximum atomic E-state index is 12.8. The van der Waals surface area contributed by atoms with Crippen molar-refractivity contribution in [3.05, 3.63) is 59.9 Å². The van der Waals surface area contributed by atoms with Crippen LogP contribution in [0, 0.1) is 5.82 Å². The number of nitrogens with one attached hydrogen (secondary N) is 1. The topological polar surface area (TPSA) is 81.7 Å². The van der Waals surface area contributed by atoms with Gasteiger partial charge in [0.1, 0.15) is 17.9 Å². The highest BCUT2D eigenvalue weighted by Crippen LogP contribution is 2.12. The fourth-order valence-electron chi connectivity index (χ4n) is 1.85. The summed E-state index contributed by atoms with van der Waals surface area (Å²) in [5, 5.41) is 2.50. The number of hydrogen-bond acceptors (Lipinski definition) is 5. The summed E-state index contributed by atoms with van der Waals surface area (Å²) in [7, 11) is 0. The van der Waals surface area contributed by atoms with E-state index in [2.05, 4.69) is 5.32 Å². The van der Waals surface area contributed by atoms with E-state index in [1.54, 1.807) is 24.3 Å². The van der Waals surface area contributed by atoms with Crippen molar-refractivity contribution in [2.45, 2.75) is 13.0 Å². The third kappa shape index (κ3) is 5.72. The molecule has 0 aliphatic carbocycles. The number of anilines is 1. The standard InChI is InChI=1S/C18H16FNO5/c1-12(18(23)20-15-6-4-14(19)5-7-15)25-17(22)11-24-16-8-2-13(10-21)3-9-16/h2-10,12H,11H2,1H3,(H,20,23)/t12-/m1/s1. The number of halogens is 1. The average molecular weight is 345 g/mol. The van der Waals surface area contributed by atoms with Crippen LogP contribution in [0.4, 0.5) is 10.1 Å². The van der Waals surface area contributed by atoms with Gasteiger partial charge in [0.25, 0.3) is 5.91 Å². The fraction of sp³-hybridized carbons (Fsp3) is 0.167. The number of aldehydes is 1. The van der Waals surface area contributed by atoms with Crippen molar-refractivity contribution in [3.63, 3.8) is 0 Å². The first-order valence-electron chi connectivity index (χ1n) is 7.42. The Kier molecular flexibility index (Phi) is 6.22. The molecule has 1 N–H and O–H groups in total. The van der Waals surface area contributed by atoms with Gasteiger partial charge in [0.2, 0.25) is 0 Å². The first-order valence-corrected chi connectivity index (χ1v) is 7.42. The SMILES string of the molecule is C[C@@H](OC(=O)COc1ccc(C=O)cc1)C(=O)Nc1ccc(F)cc1. The van der Waals surface area contributed by atoms with E-state index in [1.165, 1.54) is 31.2 Å². The number of esters is 1. The summed E-state index contributed by atoms with van der Waals surface area (Å²) < 4.78 is 23.0. The van der Waals surface area contributed by atoms with E-state index >= 15 is 0 Å². The Bertz CT molecular complexity index is 743. The Balaban J connectivity index is 1.79. The zero-order valence-electron chi connectivity index (χ0n) is 13.4. The molecule has 0 radical (unpaired) electrons. The van der Waals surface area contributed by atoms with E-state index in [0.717, 1.165) is 0 Å². The van der Waals surface area contributed by atoms with Crippen LogP contribution in [0.1, 0.15) is 17.3 Å². The molecule has 0 unspecified atom stereocenters. The quantitative estimate of drug-likeness (QED) is 0.616. The van der Waals surface area contributed by atoms with Crippen LogP contribution in [0.5, 0.6) is 5.75 Å². The van der Waals surface area contributed by atoms with Crippen molar-refractivity contribution in [1.82, 2.24) is 0 Å². The van der Waals surface area contributed by atoms with Crippen molar-refractivity contribution >= 4 is 23.9 Å². The molecule has 0 bridgehead atoms. The van der Waals surface area contributed by atoms with Gasteiger partial charge in [0, 0.05) is 11.3 Å². The molecule has 1 amide bonds. The molecular formula is C18H16FNO5.